The first kappa shape index (κ1) is 9.91. The fraction of sp³-hybridized carbons (Fsp3) is 0. The first-order valence-electron chi connectivity index (χ1n) is 4.81. The Kier molecular flexibility index (Phi) is 2.12. The summed E-state index contributed by atoms with van der Waals surface area (Å²) >= 11 is 1.32. The van der Waals surface area contributed by atoms with Crippen LogP contribution >= 0.6 is 11.3 Å². The van der Waals surface area contributed by atoms with Gasteiger partial charge < -0.3 is 5.73 Å². The van der Waals surface area contributed by atoms with Crippen LogP contribution in [0.4, 0.5) is 5.95 Å². The van der Waals surface area contributed by atoms with Crippen LogP contribution in [0.25, 0.3) is 10.2 Å². The average molecular weight is 245 g/mol. The van der Waals surface area contributed by atoms with Gasteiger partial charge in [0.05, 0.1) is 10.2 Å². The molecule has 0 amide bonds. The van der Waals surface area contributed by atoms with E-state index in [0.29, 0.717) is 5.01 Å². The number of rotatable bonds is 1. The molecule has 0 atom stereocenters. The summed E-state index contributed by atoms with van der Waals surface area (Å²) in [6.45, 7) is 0. The normalized spacial score (nSPS) is 10.8. The number of fused-ring (bicyclic) bond motifs is 1. The number of carbonyl (C=O) groups is 1. The van der Waals surface area contributed by atoms with Crippen LogP contribution in [0.2, 0.25) is 0 Å². The van der Waals surface area contributed by atoms with Crippen molar-refractivity contribution in [3.8, 4) is 0 Å². The van der Waals surface area contributed by atoms with Crippen LogP contribution in [0.5, 0.6) is 0 Å². The Bertz CT molecular complexity index is 668. The molecule has 84 valence electrons. The molecule has 6 nitrogen and oxygen atoms in total. The largest absolute Gasteiger partial charge is 0.366 e. The smallest absolute Gasteiger partial charge is 0.308 e. The van der Waals surface area contributed by atoms with Crippen molar-refractivity contribution in [2.24, 2.45) is 0 Å². The van der Waals surface area contributed by atoms with Gasteiger partial charge in [0.2, 0.25) is 5.95 Å². The van der Waals surface area contributed by atoms with Crippen molar-refractivity contribution in [3.63, 3.8) is 0 Å². The lowest BCUT2D eigenvalue weighted by atomic mass is 10.3. The summed E-state index contributed by atoms with van der Waals surface area (Å²) in [5.74, 6) is -0.255. The van der Waals surface area contributed by atoms with E-state index in [0.717, 1.165) is 14.9 Å². The summed E-state index contributed by atoms with van der Waals surface area (Å²) in [6, 6.07) is 7.56. The average Bonchev–Trinajstić information content (AvgIpc) is 2.93. The number of para-hydroxylation sites is 1. The van der Waals surface area contributed by atoms with Gasteiger partial charge in [-0.3, -0.25) is 4.79 Å². The monoisotopic (exact) mass is 245 g/mol. The second kappa shape index (κ2) is 3.63. The zero-order chi connectivity index (χ0) is 11.8. The molecule has 2 aromatic heterocycles. The van der Waals surface area contributed by atoms with Crippen LogP contribution in [0, 0.1) is 0 Å². The summed E-state index contributed by atoms with van der Waals surface area (Å²) < 4.78 is 2.05. The molecule has 1 aromatic carbocycles. The third-order valence-corrected chi connectivity index (χ3v) is 3.22. The third-order valence-electron chi connectivity index (χ3n) is 2.19. The van der Waals surface area contributed by atoms with Gasteiger partial charge in [-0.15, -0.1) is 16.4 Å². The van der Waals surface area contributed by atoms with Gasteiger partial charge in [0.25, 0.3) is 0 Å². The van der Waals surface area contributed by atoms with Crippen molar-refractivity contribution in [1.29, 1.82) is 0 Å². The molecule has 0 spiro atoms. The number of nitrogens with two attached hydrogens (primary N) is 1. The van der Waals surface area contributed by atoms with Crippen molar-refractivity contribution >= 4 is 33.4 Å². The number of aromatic nitrogens is 4. The molecular formula is C10H7N5OS. The number of benzene rings is 1. The highest BCUT2D eigenvalue weighted by atomic mass is 32.1. The molecule has 0 saturated carbocycles. The Labute approximate surface area is 99.7 Å². The second-order valence-corrected chi connectivity index (χ2v) is 4.37. The summed E-state index contributed by atoms with van der Waals surface area (Å²) in [7, 11) is 0. The first-order chi connectivity index (χ1) is 8.24. The highest BCUT2D eigenvalue weighted by Gasteiger charge is 2.15. The van der Waals surface area contributed by atoms with E-state index in [1.165, 1.54) is 17.7 Å². The number of nitrogen functional groups attached to an aromatic ring is 1. The molecule has 2 heterocycles. The van der Waals surface area contributed by atoms with E-state index >= 15 is 0 Å². The van der Waals surface area contributed by atoms with Crippen molar-refractivity contribution in [3.05, 3.63) is 35.6 Å². The van der Waals surface area contributed by atoms with Crippen molar-refractivity contribution in [2.45, 2.75) is 0 Å². The number of nitrogens with zero attached hydrogens (tertiary/aromatic N) is 4. The Morgan fingerprint density at radius 2 is 2.18 bits per heavy atom. The molecule has 0 aliphatic heterocycles. The number of hydrogen-bond acceptors (Lipinski definition) is 6. The molecule has 0 unspecified atom stereocenters. The quantitative estimate of drug-likeness (QED) is 0.695. The van der Waals surface area contributed by atoms with E-state index < -0.39 is 0 Å². The molecule has 0 saturated heterocycles. The van der Waals surface area contributed by atoms with Crippen LogP contribution < -0.4 is 5.73 Å². The maximum absolute atomic E-state index is 12.0. The third kappa shape index (κ3) is 1.66. The van der Waals surface area contributed by atoms with E-state index in [4.69, 9.17) is 5.73 Å². The van der Waals surface area contributed by atoms with Crippen molar-refractivity contribution in [2.75, 3.05) is 5.73 Å². The predicted molar refractivity (Wildman–Crippen MR) is 63.8 cm³/mol. The fourth-order valence-electron chi connectivity index (χ4n) is 1.44. The molecule has 3 aromatic rings. The molecular weight excluding hydrogens is 238 g/mol. The lowest BCUT2D eigenvalue weighted by Crippen LogP contribution is -2.12. The van der Waals surface area contributed by atoms with Crippen LogP contribution in [0.3, 0.4) is 0 Å². The van der Waals surface area contributed by atoms with Gasteiger partial charge in [-0.25, -0.2) is 9.97 Å². The number of carbonyl (C=O) groups excluding carboxylic acids is 1. The van der Waals surface area contributed by atoms with Crippen LogP contribution in [-0.2, 0) is 0 Å². The molecule has 7 heteroatoms. The van der Waals surface area contributed by atoms with E-state index in [1.807, 2.05) is 24.3 Å². The zero-order valence-electron chi connectivity index (χ0n) is 8.57. The van der Waals surface area contributed by atoms with E-state index in [-0.39, 0.29) is 11.9 Å². The number of thiazole rings is 1. The summed E-state index contributed by atoms with van der Waals surface area (Å²) in [5.41, 5.74) is 6.16. The number of hydrogen-bond donors (Lipinski definition) is 1. The Balaban J connectivity index is 2.06. The standard InChI is InChI=1S/C10H7N5OS/c11-10-12-5-15(14-10)9(16)8-13-6-3-1-2-4-7(6)17-8/h1-5H,(H2,11,14). The minimum Gasteiger partial charge on any atom is -0.366 e. The molecule has 0 bridgehead atoms. The maximum atomic E-state index is 12.0. The van der Waals surface area contributed by atoms with Crippen molar-refractivity contribution < 1.29 is 4.79 Å². The molecule has 2 N–H and O–H groups in total. The zero-order valence-corrected chi connectivity index (χ0v) is 9.39. The van der Waals surface area contributed by atoms with Gasteiger partial charge in [0.15, 0.2) is 5.01 Å². The predicted octanol–water partition coefficient (Wildman–Crippen LogP) is 1.16. The van der Waals surface area contributed by atoms with Gasteiger partial charge >= 0.3 is 5.91 Å². The van der Waals surface area contributed by atoms with Gasteiger partial charge in [0.1, 0.15) is 6.33 Å². The number of anilines is 1. The van der Waals surface area contributed by atoms with E-state index in [9.17, 15) is 4.79 Å². The summed E-state index contributed by atoms with van der Waals surface area (Å²) in [5, 5.41) is 4.13. The van der Waals surface area contributed by atoms with Gasteiger partial charge in [-0.1, -0.05) is 12.1 Å². The Morgan fingerprint density at radius 1 is 1.35 bits per heavy atom. The van der Waals surface area contributed by atoms with E-state index in [2.05, 4.69) is 15.1 Å². The minimum absolute atomic E-state index is 0.0689. The lowest BCUT2D eigenvalue weighted by molar-refractivity contribution is 0.0945. The van der Waals surface area contributed by atoms with E-state index in [1.54, 1.807) is 0 Å². The highest BCUT2D eigenvalue weighted by Crippen LogP contribution is 2.21. The molecule has 0 fully saturated rings. The lowest BCUT2D eigenvalue weighted by Gasteiger charge is -1.92. The minimum atomic E-state index is -0.324. The SMILES string of the molecule is Nc1ncn(C(=O)c2nc3ccccc3s2)n1. The topological polar surface area (TPSA) is 86.7 Å². The van der Waals surface area contributed by atoms with Crippen LogP contribution in [0.15, 0.2) is 30.6 Å². The Morgan fingerprint density at radius 3 is 2.88 bits per heavy atom. The summed E-state index contributed by atoms with van der Waals surface area (Å²) in [4.78, 5) is 19.9. The van der Waals surface area contributed by atoms with Gasteiger partial charge in [-0.2, -0.15) is 4.68 Å². The maximum Gasteiger partial charge on any atom is 0.308 e. The molecule has 0 aliphatic carbocycles. The highest BCUT2D eigenvalue weighted by molar-refractivity contribution is 7.20. The molecule has 17 heavy (non-hydrogen) atoms. The van der Waals surface area contributed by atoms with Gasteiger partial charge in [-0.05, 0) is 12.1 Å². The van der Waals surface area contributed by atoms with Crippen molar-refractivity contribution in [1.82, 2.24) is 19.7 Å². The molecule has 3 rings (SSSR count). The Hall–Kier alpha value is -2.28. The van der Waals surface area contributed by atoms with Crippen LogP contribution in [-0.4, -0.2) is 25.7 Å². The first-order valence-corrected chi connectivity index (χ1v) is 5.63. The fourth-order valence-corrected chi connectivity index (χ4v) is 2.33. The van der Waals surface area contributed by atoms with Gasteiger partial charge in [0, 0.05) is 0 Å². The summed E-state index contributed by atoms with van der Waals surface area (Å²) in [6.07, 6.45) is 1.28. The second-order valence-electron chi connectivity index (χ2n) is 3.34. The molecule has 0 radical (unpaired) electrons. The molecule has 0 aliphatic rings. The van der Waals surface area contributed by atoms with Crippen LogP contribution in [0.1, 0.15) is 9.80 Å².